The van der Waals surface area contributed by atoms with E-state index in [0.717, 1.165) is 11.1 Å². The van der Waals surface area contributed by atoms with E-state index in [1.54, 1.807) is 19.9 Å². The van der Waals surface area contributed by atoms with Gasteiger partial charge in [0.15, 0.2) is 0 Å². The Kier molecular flexibility index (Phi) is 6.96. The molecule has 4 heteroatoms. The first-order chi connectivity index (χ1) is 12.0. The number of esters is 1. The maximum atomic E-state index is 12.3. The van der Waals surface area contributed by atoms with Crippen LogP contribution in [0.25, 0.3) is 6.08 Å². The Balaban J connectivity index is 2.06. The van der Waals surface area contributed by atoms with Crippen LogP contribution in [-0.2, 0) is 14.3 Å². The van der Waals surface area contributed by atoms with Crippen LogP contribution in [-0.4, -0.2) is 18.0 Å². The number of amides is 1. The highest BCUT2D eigenvalue weighted by molar-refractivity contribution is 5.92. The molecule has 1 unspecified atom stereocenters. The number of nitrogens with one attached hydrogen (secondary N) is 1. The molecular weight excluding hydrogens is 314 g/mol. The maximum Gasteiger partial charge on any atom is 0.308 e. The molecule has 0 heterocycles. The van der Waals surface area contributed by atoms with Gasteiger partial charge in [0, 0.05) is 6.08 Å². The highest BCUT2D eigenvalue weighted by Crippen LogP contribution is 2.18. The van der Waals surface area contributed by atoms with E-state index in [-0.39, 0.29) is 24.4 Å². The molecule has 25 heavy (non-hydrogen) atoms. The van der Waals surface area contributed by atoms with Crippen molar-refractivity contribution in [2.75, 3.05) is 0 Å². The van der Waals surface area contributed by atoms with Crippen LogP contribution in [0.2, 0.25) is 0 Å². The molecule has 0 bridgehead atoms. The minimum Gasteiger partial charge on any atom is -0.463 e. The molecule has 2 rings (SSSR count). The fraction of sp³-hybridized carbons (Fsp3) is 0.238. The summed E-state index contributed by atoms with van der Waals surface area (Å²) in [6.07, 6.45) is 3.12. The van der Waals surface area contributed by atoms with Crippen molar-refractivity contribution in [2.24, 2.45) is 0 Å². The van der Waals surface area contributed by atoms with Gasteiger partial charge in [-0.15, -0.1) is 0 Å². The molecule has 0 aliphatic carbocycles. The predicted octanol–water partition coefficient (Wildman–Crippen LogP) is 3.90. The van der Waals surface area contributed by atoms with Crippen molar-refractivity contribution in [3.63, 3.8) is 0 Å². The number of rotatable bonds is 7. The van der Waals surface area contributed by atoms with E-state index >= 15 is 0 Å². The Bertz CT molecular complexity index is 708. The Hall–Kier alpha value is -2.88. The number of ether oxygens (including phenoxy) is 1. The van der Waals surface area contributed by atoms with Crippen molar-refractivity contribution < 1.29 is 14.3 Å². The first-order valence-corrected chi connectivity index (χ1v) is 8.32. The third-order valence-electron chi connectivity index (χ3n) is 3.48. The second-order valence-corrected chi connectivity index (χ2v) is 5.96. The first-order valence-electron chi connectivity index (χ1n) is 8.32. The van der Waals surface area contributed by atoms with Crippen molar-refractivity contribution in [3.05, 3.63) is 77.9 Å². The zero-order valence-corrected chi connectivity index (χ0v) is 14.5. The molecule has 130 valence electrons. The number of carbonyl (C=O) groups excluding carboxylic acids is 2. The molecule has 0 fully saturated rings. The van der Waals surface area contributed by atoms with Crippen molar-refractivity contribution >= 4 is 18.0 Å². The number of hydrogen-bond acceptors (Lipinski definition) is 3. The van der Waals surface area contributed by atoms with Crippen LogP contribution in [0, 0.1) is 0 Å². The lowest BCUT2D eigenvalue weighted by Gasteiger charge is -2.18. The molecule has 1 N–H and O–H groups in total. The minimum absolute atomic E-state index is 0.0904. The van der Waals surface area contributed by atoms with E-state index in [9.17, 15) is 9.59 Å². The summed E-state index contributed by atoms with van der Waals surface area (Å²) in [6, 6.07) is 18.6. The minimum atomic E-state index is -0.430. The summed E-state index contributed by atoms with van der Waals surface area (Å²) in [6.45, 7) is 3.60. The van der Waals surface area contributed by atoms with Gasteiger partial charge in [-0.1, -0.05) is 60.7 Å². The molecule has 0 saturated heterocycles. The Morgan fingerprint density at radius 1 is 1.00 bits per heavy atom. The van der Waals surface area contributed by atoms with Crippen molar-refractivity contribution in [1.29, 1.82) is 0 Å². The number of benzene rings is 2. The molecular formula is C21H23NO3. The van der Waals surface area contributed by atoms with E-state index in [1.807, 2.05) is 60.7 Å². The summed E-state index contributed by atoms with van der Waals surface area (Å²) in [4.78, 5) is 24.3. The fourth-order valence-corrected chi connectivity index (χ4v) is 2.37. The summed E-state index contributed by atoms with van der Waals surface area (Å²) in [5.41, 5.74) is 1.80. The molecule has 1 amide bonds. The molecule has 2 aromatic rings. The van der Waals surface area contributed by atoms with E-state index in [2.05, 4.69) is 5.32 Å². The Labute approximate surface area is 148 Å². The van der Waals surface area contributed by atoms with Gasteiger partial charge in [0.1, 0.15) is 0 Å². The first kappa shape index (κ1) is 18.5. The van der Waals surface area contributed by atoms with Crippen molar-refractivity contribution in [2.45, 2.75) is 32.4 Å². The van der Waals surface area contributed by atoms with E-state index in [0.29, 0.717) is 0 Å². The van der Waals surface area contributed by atoms with Gasteiger partial charge in [-0.2, -0.15) is 0 Å². The van der Waals surface area contributed by atoms with Gasteiger partial charge in [0.05, 0.1) is 18.6 Å². The van der Waals surface area contributed by atoms with Crippen LogP contribution < -0.4 is 5.32 Å². The van der Waals surface area contributed by atoms with Gasteiger partial charge < -0.3 is 10.1 Å². The lowest BCUT2D eigenvalue weighted by molar-refractivity contribution is -0.148. The number of hydrogen-bond donors (Lipinski definition) is 1. The monoisotopic (exact) mass is 337 g/mol. The third kappa shape index (κ3) is 6.63. The normalized spacial score (nSPS) is 12.1. The Morgan fingerprint density at radius 3 is 2.20 bits per heavy atom. The molecule has 0 spiro atoms. The van der Waals surface area contributed by atoms with Gasteiger partial charge in [0.25, 0.3) is 0 Å². The van der Waals surface area contributed by atoms with Crippen LogP contribution in [0.5, 0.6) is 0 Å². The van der Waals surface area contributed by atoms with Crippen LogP contribution in [0.15, 0.2) is 66.7 Å². The second-order valence-electron chi connectivity index (χ2n) is 5.96. The lowest BCUT2D eigenvalue weighted by Crippen LogP contribution is -2.29. The molecule has 0 aromatic heterocycles. The highest BCUT2D eigenvalue weighted by atomic mass is 16.5. The van der Waals surface area contributed by atoms with Gasteiger partial charge in [-0.25, -0.2) is 0 Å². The van der Waals surface area contributed by atoms with Crippen molar-refractivity contribution in [3.8, 4) is 0 Å². The molecule has 1 atom stereocenters. The second kappa shape index (κ2) is 9.42. The zero-order chi connectivity index (χ0) is 18.1. The molecule has 4 nitrogen and oxygen atoms in total. The summed E-state index contributed by atoms with van der Waals surface area (Å²) in [7, 11) is 0. The summed E-state index contributed by atoms with van der Waals surface area (Å²) in [5.74, 6) is -0.591. The average molecular weight is 337 g/mol. The summed E-state index contributed by atoms with van der Waals surface area (Å²) < 4.78 is 5.20. The van der Waals surface area contributed by atoms with Crippen molar-refractivity contribution in [1.82, 2.24) is 5.32 Å². The topological polar surface area (TPSA) is 55.4 Å². The molecule has 0 saturated carbocycles. The maximum absolute atomic E-state index is 12.3. The van der Waals surface area contributed by atoms with E-state index in [4.69, 9.17) is 4.74 Å². The largest absolute Gasteiger partial charge is 0.463 e. The molecule has 0 aliphatic rings. The van der Waals surface area contributed by atoms with Gasteiger partial charge in [0.2, 0.25) is 5.91 Å². The number of carbonyl (C=O) groups is 2. The highest BCUT2D eigenvalue weighted by Gasteiger charge is 2.19. The van der Waals surface area contributed by atoms with Crippen LogP contribution in [0.4, 0.5) is 0 Å². The van der Waals surface area contributed by atoms with Gasteiger partial charge in [-0.05, 0) is 31.1 Å². The lowest BCUT2D eigenvalue weighted by atomic mass is 10.0. The predicted molar refractivity (Wildman–Crippen MR) is 98.6 cm³/mol. The molecule has 2 aromatic carbocycles. The fourth-order valence-electron chi connectivity index (χ4n) is 2.37. The van der Waals surface area contributed by atoms with Crippen LogP contribution in [0.3, 0.4) is 0 Å². The van der Waals surface area contributed by atoms with Crippen LogP contribution >= 0.6 is 0 Å². The summed E-state index contributed by atoms with van der Waals surface area (Å²) >= 11 is 0. The Morgan fingerprint density at radius 2 is 1.60 bits per heavy atom. The molecule has 0 radical (unpaired) electrons. The zero-order valence-electron chi connectivity index (χ0n) is 14.5. The summed E-state index contributed by atoms with van der Waals surface area (Å²) in [5, 5.41) is 2.88. The van der Waals surface area contributed by atoms with Crippen LogP contribution in [0.1, 0.15) is 37.4 Å². The smallest absolute Gasteiger partial charge is 0.308 e. The SMILES string of the molecule is CC(C)OC(=O)CC(NC(=O)/C=C/c1ccccc1)c1ccccc1. The quantitative estimate of drug-likeness (QED) is 0.616. The standard InChI is InChI=1S/C21H23NO3/c1-16(2)25-21(24)15-19(18-11-7-4-8-12-18)22-20(23)14-13-17-9-5-3-6-10-17/h3-14,16,19H,15H2,1-2H3,(H,22,23)/b14-13+. The van der Waals surface area contributed by atoms with E-state index in [1.165, 1.54) is 6.08 Å². The van der Waals surface area contributed by atoms with Gasteiger partial charge in [-0.3, -0.25) is 9.59 Å². The van der Waals surface area contributed by atoms with Gasteiger partial charge >= 0.3 is 5.97 Å². The third-order valence-corrected chi connectivity index (χ3v) is 3.48. The average Bonchev–Trinajstić information content (AvgIpc) is 2.60. The van der Waals surface area contributed by atoms with E-state index < -0.39 is 6.04 Å². The molecule has 0 aliphatic heterocycles.